The van der Waals surface area contributed by atoms with Gasteiger partial charge < -0.3 is 14.7 Å². The predicted octanol–water partition coefficient (Wildman–Crippen LogP) is 2.29. The summed E-state index contributed by atoms with van der Waals surface area (Å²) in [7, 11) is 0. The number of carboxylic acids is 1. The highest BCUT2D eigenvalue weighted by molar-refractivity contribution is 5.68. The molecule has 1 saturated heterocycles. The third kappa shape index (κ3) is 3.26. The van der Waals surface area contributed by atoms with E-state index in [1.807, 2.05) is 0 Å². The molecule has 1 aliphatic heterocycles. The maximum Gasteiger partial charge on any atom is 0.306 e. The number of hydrogen-bond donors (Lipinski definition) is 1. The van der Waals surface area contributed by atoms with Gasteiger partial charge in [-0.3, -0.25) is 4.79 Å². The number of hydrogen-bond acceptors (Lipinski definition) is 3. The molecular formula is C15H21NO3. The van der Waals surface area contributed by atoms with Crippen molar-refractivity contribution in [3.63, 3.8) is 0 Å². The Morgan fingerprint density at radius 1 is 1.37 bits per heavy atom. The molecule has 4 heteroatoms. The highest BCUT2D eigenvalue weighted by atomic mass is 16.5. The molecule has 1 aromatic rings. The van der Waals surface area contributed by atoms with E-state index < -0.39 is 5.97 Å². The maximum atomic E-state index is 10.8. The monoisotopic (exact) mass is 263 g/mol. The second kappa shape index (κ2) is 5.61. The van der Waals surface area contributed by atoms with E-state index >= 15 is 0 Å². The molecule has 1 aromatic carbocycles. The van der Waals surface area contributed by atoms with Gasteiger partial charge in [-0.2, -0.15) is 0 Å². The van der Waals surface area contributed by atoms with Crippen molar-refractivity contribution in [2.45, 2.75) is 33.3 Å². The largest absolute Gasteiger partial charge is 0.481 e. The van der Waals surface area contributed by atoms with Gasteiger partial charge in [0.2, 0.25) is 0 Å². The van der Waals surface area contributed by atoms with E-state index in [1.165, 1.54) is 22.4 Å². The average molecular weight is 263 g/mol. The Hall–Kier alpha value is -1.55. The van der Waals surface area contributed by atoms with Gasteiger partial charge in [-0.05, 0) is 31.9 Å². The second-order valence-corrected chi connectivity index (χ2v) is 5.28. The van der Waals surface area contributed by atoms with Gasteiger partial charge in [-0.15, -0.1) is 0 Å². The van der Waals surface area contributed by atoms with Crippen molar-refractivity contribution in [2.24, 2.45) is 0 Å². The molecule has 1 heterocycles. The third-order valence-electron chi connectivity index (χ3n) is 3.49. The fraction of sp³-hybridized carbons (Fsp3) is 0.533. The summed E-state index contributed by atoms with van der Waals surface area (Å²) in [5.41, 5.74) is 4.97. The van der Waals surface area contributed by atoms with Crippen LogP contribution in [0.5, 0.6) is 0 Å². The first kappa shape index (κ1) is 13.9. The maximum absolute atomic E-state index is 10.8. The molecule has 0 aliphatic carbocycles. The van der Waals surface area contributed by atoms with Crippen LogP contribution < -0.4 is 4.90 Å². The zero-order valence-electron chi connectivity index (χ0n) is 11.8. The summed E-state index contributed by atoms with van der Waals surface area (Å²) in [5.74, 6) is -0.802. The second-order valence-electron chi connectivity index (χ2n) is 5.28. The Morgan fingerprint density at radius 3 is 2.58 bits per heavy atom. The first-order valence-electron chi connectivity index (χ1n) is 6.63. The first-order valence-corrected chi connectivity index (χ1v) is 6.63. The van der Waals surface area contributed by atoms with Crippen LogP contribution in [0.4, 0.5) is 5.69 Å². The molecule has 0 aromatic heterocycles. The molecule has 2 rings (SSSR count). The number of morpholine rings is 1. The summed E-state index contributed by atoms with van der Waals surface area (Å²) in [6, 6.07) is 4.34. The minimum absolute atomic E-state index is 0.0699. The molecule has 104 valence electrons. The quantitative estimate of drug-likeness (QED) is 0.909. The molecule has 0 bridgehead atoms. The van der Waals surface area contributed by atoms with Crippen molar-refractivity contribution < 1.29 is 14.6 Å². The van der Waals surface area contributed by atoms with Crippen molar-refractivity contribution >= 4 is 11.7 Å². The van der Waals surface area contributed by atoms with Crippen LogP contribution in [0.3, 0.4) is 0 Å². The Kier molecular flexibility index (Phi) is 4.10. The van der Waals surface area contributed by atoms with Crippen LogP contribution in [-0.2, 0) is 9.53 Å². The molecule has 1 atom stereocenters. The number of ether oxygens (including phenoxy) is 1. The summed E-state index contributed by atoms with van der Waals surface area (Å²) in [5, 5.41) is 8.87. The minimum atomic E-state index is -0.802. The van der Waals surface area contributed by atoms with Gasteiger partial charge >= 0.3 is 5.97 Å². The van der Waals surface area contributed by atoms with Gasteiger partial charge in [-0.25, -0.2) is 0 Å². The van der Waals surface area contributed by atoms with Crippen LogP contribution in [0, 0.1) is 20.8 Å². The van der Waals surface area contributed by atoms with E-state index in [0.29, 0.717) is 13.2 Å². The molecule has 4 nitrogen and oxygen atoms in total. The highest BCUT2D eigenvalue weighted by Crippen LogP contribution is 2.28. The molecule has 1 N–H and O–H groups in total. The van der Waals surface area contributed by atoms with Crippen molar-refractivity contribution in [1.29, 1.82) is 0 Å². The lowest BCUT2D eigenvalue weighted by Gasteiger charge is -2.36. The van der Waals surface area contributed by atoms with Crippen LogP contribution in [0.2, 0.25) is 0 Å². The van der Waals surface area contributed by atoms with E-state index in [1.54, 1.807) is 0 Å². The standard InChI is InChI=1S/C15H21NO3/c1-10-6-11(2)15(12(3)7-10)16-4-5-19-13(9-16)8-14(17)18/h6-7,13H,4-5,8-9H2,1-3H3,(H,17,18). The van der Waals surface area contributed by atoms with Crippen molar-refractivity contribution in [1.82, 2.24) is 0 Å². The minimum Gasteiger partial charge on any atom is -0.481 e. The van der Waals surface area contributed by atoms with E-state index in [2.05, 4.69) is 37.8 Å². The van der Waals surface area contributed by atoms with Crippen LogP contribution in [0.15, 0.2) is 12.1 Å². The highest BCUT2D eigenvalue weighted by Gasteiger charge is 2.24. The summed E-state index contributed by atoms with van der Waals surface area (Å²) >= 11 is 0. The first-order chi connectivity index (χ1) is 8.97. The van der Waals surface area contributed by atoms with Crippen LogP contribution in [0.25, 0.3) is 0 Å². The normalized spacial score (nSPS) is 19.5. The van der Waals surface area contributed by atoms with Crippen molar-refractivity contribution in [3.05, 3.63) is 28.8 Å². The number of anilines is 1. The lowest BCUT2D eigenvalue weighted by atomic mass is 10.0. The zero-order valence-corrected chi connectivity index (χ0v) is 11.8. The summed E-state index contributed by atoms with van der Waals surface area (Å²) in [6.45, 7) is 8.37. The number of benzene rings is 1. The molecule has 1 unspecified atom stereocenters. The molecule has 0 saturated carbocycles. The van der Waals surface area contributed by atoms with Gasteiger partial charge in [0.1, 0.15) is 0 Å². The van der Waals surface area contributed by atoms with Gasteiger partial charge in [0.25, 0.3) is 0 Å². The van der Waals surface area contributed by atoms with Gasteiger partial charge in [0, 0.05) is 18.8 Å². The van der Waals surface area contributed by atoms with Crippen molar-refractivity contribution in [2.75, 3.05) is 24.6 Å². The SMILES string of the molecule is Cc1cc(C)c(N2CCOC(CC(=O)O)C2)c(C)c1. The number of aryl methyl sites for hydroxylation is 3. The lowest BCUT2D eigenvalue weighted by Crippen LogP contribution is -2.44. The van der Waals surface area contributed by atoms with Gasteiger partial charge in [-0.1, -0.05) is 17.7 Å². The third-order valence-corrected chi connectivity index (χ3v) is 3.49. The molecular weight excluding hydrogens is 242 g/mol. The molecule has 1 fully saturated rings. The Labute approximate surface area is 114 Å². The van der Waals surface area contributed by atoms with E-state index in [0.717, 1.165) is 6.54 Å². The topological polar surface area (TPSA) is 49.8 Å². The Balaban J connectivity index is 2.20. The number of carbonyl (C=O) groups is 1. The van der Waals surface area contributed by atoms with Crippen LogP contribution >= 0.6 is 0 Å². The average Bonchev–Trinajstić information content (AvgIpc) is 2.26. The summed E-state index contributed by atoms with van der Waals surface area (Å²) in [4.78, 5) is 13.0. The fourth-order valence-corrected chi connectivity index (χ4v) is 2.91. The Bertz CT molecular complexity index is 461. The predicted molar refractivity (Wildman–Crippen MR) is 74.9 cm³/mol. The van der Waals surface area contributed by atoms with Gasteiger partial charge in [0.15, 0.2) is 0 Å². The summed E-state index contributed by atoms with van der Waals surface area (Å²) < 4.78 is 5.52. The molecule has 0 amide bonds. The van der Waals surface area contributed by atoms with Crippen LogP contribution in [0.1, 0.15) is 23.1 Å². The zero-order chi connectivity index (χ0) is 14.0. The molecule has 0 radical (unpaired) electrons. The van der Waals surface area contributed by atoms with E-state index in [9.17, 15) is 4.79 Å². The summed E-state index contributed by atoms with van der Waals surface area (Å²) in [6.07, 6.45) is -0.146. The number of rotatable bonds is 3. The molecule has 19 heavy (non-hydrogen) atoms. The van der Waals surface area contributed by atoms with Crippen molar-refractivity contribution in [3.8, 4) is 0 Å². The number of nitrogens with zero attached hydrogens (tertiary/aromatic N) is 1. The van der Waals surface area contributed by atoms with E-state index in [-0.39, 0.29) is 12.5 Å². The van der Waals surface area contributed by atoms with Crippen LogP contribution in [-0.4, -0.2) is 36.9 Å². The lowest BCUT2D eigenvalue weighted by molar-refractivity contribution is -0.140. The molecule has 1 aliphatic rings. The Morgan fingerprint density at radius 2 is 2.00 bits per heavy atom. The number of aliphatic carboxylic acids is 1. The smallest absolute Gasteiger partial charge is 0.306 e. The fourth-order valence-electron chi connectivity index (χ4n) is 2.91. The van der Waals surface area contributed by atoms with E-state index in [4.69, 9.17) is 9.84 Å². The molecule has 0 spiro atoms. The number of carboxylic acid groups (broad SMARTS) is 1. The van der Waals surface area contributed by atoms with Gasteiger partial charge in [0.05, 0.1) is 19.1 Å².